The standard InChI is InChI=1S/C13H10.C9H7.C9H13.2ClH.Zr/c1-3-7-12(8-4-1)11-13-9-5-2-6-10-13;1-2-5-9-7-3-6-8(9)4-1;1-3-8-6-5-7-9(8)4-2;;;/h1-10H;1-7H;6H,3-5H2,1-2H3;2*1H;/q;2*-1;;;+2/p-2. The van der Waals surface area contributed by atoms with Crippen molar-refractivity contribution in [3.8, 4) is 0 Å². The zero-order valence-electron chi connectivity index (χ0n) is 19.8. The van der Waals surface area contributed by atoms with Crippen molar-refractivity contribution in [2.24, 2.45) is 0 Å². The summed E-state index contributed by atoms with van der Waals surface area (Å²) in [5.41, 5.74) is 5.61. The van der Waals surface area contributed by atoms with Crippen molar-refractivity contribution in [2.45, 2.75) is 33.1 Å². The van der Waals surface area contributed by atoms with Crippen LogP contribution in [0.25, 0.3) is 10.8 Å². The monoisotopic (exact) mass is 562 g/mol. The van der Waals surface area contributed by atoms with E-state index >= 15 is 0 Å². The molecule has 0 atom stereocenters. The first-order valence-corrected chi connectivity index (χ1v) is 12.5. The van der Waals surface area contributed by atoms with Crippen LogP contribution >= 0.6 is 0 Å². The summed E-state index contributed by atoms with van der Waals surface area (Å²) in [6.45, 7) is 4.39. The molecule has 0 radical (unpaired) electrons. The van der Waals surface area contributed by atoms with Crippen molar-refractivity contribution in [2.75, 3.05) is 0 Å². The summed E-state index contributed by atoms with van der Waals surface area (Å²) in [5, 5.41) is 2.66. The summed E-state index contributed by atoms with van der Waals surface area (Å²) >= 11 is 1.46. The van der Waals surface area contributed by atoms with Crippen molar-refractivity contribution in [1.82, 2.24) is 0 Å². The Morgan fingerprint density at radius 1 is 0.765 bits per heavy atom. The normalized spacial score (nSPS) is 11.4. The summed E-state index contributed by atoms with van der Waals surface area (Å²) in [4.78, 5) is 0. The molecule has 0 saturated heterocycles. The Balaban J connectivity index is 0.000000257. The predicted octanol–water partition coefficient (Wildman–Crippen LogP) is 2.23. The Morgan fingerprint density at radius 3 is 1.82 bits per heavy atom. The molecule has 0 unspecified atom stereocenters. The number of rotatable bonds is 4. The van der Waals surface area contributed by atoms with Gasteiger partial charge in [-0.25, -0.2) is 5.57 Å². The number of allylic oxidation sites excluding steroid dienone is 4. The molecule has 5 rings (SSSR count). The van der Waals surface area contributed by atoms with Gasteiger partial charge in [0.2, 0.25) is 0 Å². The molecule has 0 aliphatic heterocycles. The maximum absolute atomic E-state index is 3.33. The van der Waals surface area contributed by atoms with E-state index in [9.17, 15) is 0 Å². The molecule has 4 aromatic carbocycles. The fourth-order valence-corrected chi connectivity index (χ4v) is 4.51. The van der Waals surface area contributed by atoms with Gasteiger partial charge in [-0.2, -0.15) is 29.2 Å². The van der Waals surface area contributed by atoms with Gasteiger partial charge in [0, 0.05) is 0 Å². The molecule has 4 aromatic rings. The van der Waals surface area contributed by atoms with Crippen LogP contribution in [0.4, 0.5) is 0 Å². The van der Waals surface area contributed by atoms with E-state index in [1.54, 1.807) is 0 Å². The number of hydrogen-bond acceptors (Lipinski definition) is 0. The van der Waals surface area contributed by atoms with Crippen LogP contribution < -0.4 is 24.8 Å². The second kappa shape index (κ2) is 16.7. The Hall–Kier alpha value is -1.92. The SMILES string of the molecule is CCC1=[C-]CC=C1CC.[Cl-].[Cl-].[Zr+2]=[C](c1ccccc1)c1ccccc1.c1ccc2[cH-]ccc2c1. The predicted molar refractivity (Wildman–Crippen MR) is 136 cm³/mol. The molecule has 1 aliphatic carbocycles. The number of benzene rings is 3. The Labute approximate surface area is 232 Å². The first-order valence-electron chi connectivity index (χ1n) is 11.3. The van der Waals surface area contributed by atoms with Gasteiger partial charge >= 0.3 is 99.2 Å². The molecule has 34 heavy (non-hydrogen) atoms. The molecule has 0 spiro atoms. The Morgan fingerprint density at radius 2 is 1.32 bits per heavy atom. The minimum Gasteiger partial charge on any atom is -0.168 e. The van der Waals surface area contributed by atoms with Crippen LogP contribution in [-0.2, 0) is 24.2 Å². The molecule has 0 aromatic heterocycles. The number of halogens is 2. The van der Waals surface area contributed by atoms with Crippen molar-refractivity contribution in [1.29, 1.82) is 0 Å². The average molecular weight is 565 g/mol. The van der Waals surface area contributed by atoms with Gasteiger partial charge in [0.1, 0.15) is 0 Å². The van der Waals surface area contributed by atoms with Crippen molar-refractivity contribution >= 4 is 14.0 Å². The minimum absolute atomic E-state index is 0. The Kier molecular flexibility index (Phi) is 14.8. The zero-order valence-corrected chi connectivity index (χ0v) is 23.7. The summed E-state index contributed by atoms with van der Waals surface area (Å²) < 4.78 is 1.42. The summed E-state index contributed by atoms with van der Waals surface area (Å²) in [5.74, 6) is 0. The van der Waals surface area contributed by atoms with E-state index in [4.69, 9.17) is 0 Å². The van der Waals surface area contributed by atoms with E-state index in [0.29, 0.717) is 0 Å². The smallest absolute Gasteiger partial charge is 0.0809 e. The maximum Gasteiger partial charge on any atom is -0.0809 e. The van der Waals surface area contributed by atoms with Crippen LogP contribution in [-0.4, -0.2) is 3.21 Å². The maximum atomic E-state index is 3.33. The van der Waals surface area contributed by atoms with Gasteiger partial charge in [0.25, 0.3) is 0 Å². The molecule has 0 fully saturated rings. The second-order valence-corrected chi connectivity index (χ2v) is 8.79. The van der Waals surface area contributed by atoms with Crippen molar-refractivity contribution in [3.63, 3.8) is 0 Å². The van der Waals surface area contributed by atoms with E-state index < -0.39 is 0 Å². The van der Waals surface area contributed by atoms with Crippen LogP contribution in [0.5, 0.6) is 0 Å². The second-order valence-electron chi connectivity index (χ2n) is 7.56. The van der Waals surface area contributed by atoms with E-state index in [1.165, 1.54) is 66.9 Å². The van der Waals surface area contributed by atoms with E-state index in [2.05, 4.69) is 129 Å². The molecule has 3 heteroatoms. The number of fused-ring (bicyclic) bond motifs is 1. The molecule has 174 valence electrons. The van der Waals surface area contributed by atoms with Crippen LogP contribution in [0.2, 0.25) is 0 Å². The molecular weight excluding hydrogens is 534 g/mol. The third-order valence-electron chi connectivity index (χ3n) is 5.46. The van der Waals surface area contributed by atoms with Crippen molar-refractivity contribution in [3.05, 3.63) is 138 Å². The van der Waals surface area contributed by atoms with Crippen LogP contribution in [0.3, 0.4) is 0 Å². The van der Waals surface area contributed by atoms with E-state index in [-0.39, 0.29) is 24.8 Å². The van der Waals surface area contributed by atoms with Gasteiger partial charge in [-0.1, -0.05) is 32.8 Å². The summed E-state index contributed by atoms with van der Waals surface area (Å²) in [6, 6.07) is 35.8. The van der Waals surface area contributed by atoms with Gasteiger partial charge in [-0.15, -0.1) is 36.1 Å². The summed E-state index contributed by atoms with van der Waals surface area (Å²) in [7, 11) is 0. The van der Waals surface area contributed by atoms with Crippen molar-refractivity contribution < 1.29 is 49.0 Å². The molecule has 0 bridgehead atoms. The number of hydrogen-bond donors (Lipinski definition) is 0. The van der Waals surface area contributed by atoms with Gasteiger partial charge in [-0.05, 0) is 0 Å². The van der Waals surface area contributed by atoms with Gasteiger partial charge in [0.05, 0.1) is 0 Å². The molecule has 1 aliphatic rings. The first-order chi connectivity index (χ1) is 15.7. The molecule has 0 heterocycles. The Bertz CT molecular complexity index is 1080. The molecular formula is C31H30Cl2Zr-2. The van der Waals surface area contributed by atoms with Crippen LogP contribution in [0.15, 0.2) is 120 Å². The first kappa shape index (κ1) is 30.1. The topological polar surface area (TPSA) is 0 Å². The zero-order chi connectivity index (χ0) is 22.6. The summed E-state index contributed by atoms with van der Waals surface area (Å²) in [6.07, 6.45) is 8.99. The largest absolute Gasteiger partial charge is 0.168 e. The average Bonchev–Trinajstić information content (AvgIpc) is 3.54. The quantitative estimate of drug-likeness (QED) is 0.334. The third kappa shape index (κ3) is 9.03. The minimum atomic E-state index is 0. The molecule has 0 saturated carbocycles. The van der Waals surface area contributed by atoms with Gasteiger partial charge < -0.3 is 24.8 Å². The fourth-order valence-electron chi connectivity index (χ4n) is 3.69. The van der Waals surface area contributed by atoms with Crippen LogP contribution in [0, 0.1) is 6.08 Å². The van der Waals surface area contributed by atoms with Crippen LogP contribution in [0.1, 0.15) is 44.2 Å². The third-order valence-corrected chi connectivity index (χ3v) is 6.88. The fraction of sp³-hybridized carbons (Fsp3) is 0.161. The van der Waals surface area contributed by atoms with E-state index in [0.717, 1.165) is 12.8 Å². The molecule has 0 amide bonds. The van der Waals surface area contributed by atoms with Gasteiger partial charge in [0.15, 0.2) is 0 Å². The van der Waals surface area contributed by atoms with Gasteiger partial charge in [-0.3, -0.25) is 6.08 Å². The molecule has 0 N–H and O–H groups in total. The molecule has 0 nitrogen and oxygen atoms in total. The van der Waals surface area contributed by atoms with E-state index in [1.807, 2.05) is 0 Å².